The first kappa shape index (κ1) is 16.6. The first-order valence-electron chi connectivity index (χ1n) is 6.46. The molecule has 0 bridgehead atoms. The van der Waals surface area contributed by atoms with E-state index in [2.05, 4.69) is 10.6 Å². The van der Waals surface area contributed by atoms with Crippen LogP contribution in [-0.2, 0) is 16.0 Å². The fraction of sp³-hybridized carbons (Fsp3) is 0.462. The van der Waals surface area contributed by atoms with E-state index in [1.165, 1.54) is 0 Å². The van der Waals surface area contributed by atoms with Crippen molar-refractivity contribution >= 4 is 21.6 Å². The average molecular weight is 336 g/mol. The Morgan fingerprint density at radius 3 is 2.27 bits per heavy atom. The first-order chi connectivity index (χ1) is 9.99. The number of halogens is 3. The van der Waals surface area contributed by atoms with Crippen LogP contribution in [0.15, 0.2) is 24.3 Å². The predicted octanol–water partition coefficient (Wildman–Crippen LogP) is 2.40. The van der Waals surface area contributed by atoms with Gasteiger partial charge in [-0.2, -0.15) is 13.2 Å². The molecule has 1 aromatic rings. The SMILES string of the molecule is C[C@]1(NC(=O)Nc2ccc(C(F)(F)F)cc2)CCS(=O)(=O)C1. The van der Waals surface area contributed by atoms with E-state index >= 15 is 0 Å². The van der Waals surface area contributed by atoms with Crippen LogP contribution in [0.3, 0.4) is 0 Å². The molecule has 9 heteroatoms. The molecule has 0 saturated carbocycles. The minimum absolute atomic E-state index is 0.00403. The van der Waals surface area contributed by atoms with Gasteiger partial charge in [0, 0.05) is 5.69 Å². The van der Waals surface area contributed by atoms with Crippen LogP contribution in [0.1, 0.15) is 18.9 Å². The Labute approximate surface area is 125 Å². The zero-order valence-corrected chi connectivity index (χ0v) is 12.5. The number of urea groups is 1. The Morgan fingerprint density at radius 2 is 1.82 bits per heavy atom. The molecule has 1 aromatic carbocycles. The van der Waals surface area contributed by atoms with Crippen LogP contribution in [0, 0.1) is 0 Å². The zero-order chi connectivity index (χ0) is 16.6. The maximum absolute atomic E-state index is 12.4. The fourth-order valence-electron chi connectivity index (χ4n) is 2.29. The smallest absolute Gasteiger partial charge is 0.332 e. The molecule has 1 heterocycles. The van der Waals surface area contributed by atoms with Crippen molar-refractivity contribution < 1.29 is 26.4 Å². The van der Waals surface area contributed by atoms with Crippen molar-refractivity contribution in [1.29, 1.82) is 0 Å². The molecule has 0 aromatic heterocycles. The molecule has 2 rings (SSSR count). The summed E-state index contributed by atoms with van der Waals surface area (Å²) in [6.07, 6.45) is -4.14. The molecule has 0 aliphatic carbocycles. The maximum atomic E-state index is 12.4. The number of carbonyl (C=O) groups is 1. The number of alkyl halides is 3. The normalized spacial score (nSPS) is 24.0. The van der Waals surface area contributed by atoms with E-state index in [-0.39, 0.29) is 17.2 Å². The summed E-state index contributed by atoms with van der Waals surface area (Å²) in [5.74, 6) is -0.148. The molecule has 5 nitrogen and oxygen atoms in total. The summed E-state index contributed by atoms with van der Waals surface area (Å²) in [6.45, 7) is 1.61. The lowest BCUT2D eigenvalue weighted by Crippen LogP contribution is -2.48. The van der Waals surface area contributed by atoms with Gasteiger partial charge in [-0.3, -0.25) is 0 Å². The third-order valence-electron chi connectivity index (χ3n) is 3.39. The Balaban J connectivity index is 1.98. The molecule has 1 saturated heterocycles. The minimum atomic E-state index is -4.44. The van der Waals surface area contributed by atoms with Crippen molar-refractivity contribution in [3.05, 3.63) is 29.8 Å². The lowest BCUT2D eigenvalue weighted by Gasteiger charge is -2.24. The topological polar surface area (TPSA) is 75.3 Å². The number of benzene rings is 1. The number of amides is 2. The zero-order valence-electron chi connectivity index (χ0n) is 11.7. The summed E-state index contributed by atoms with van der Waals surface area (Å²) in [5.41, 5.74) is -1.49. The van der Waals surface area contributed by atoms with E-state index in [4.69, 9.17) is 0 Å². The highest BCUT2D eigenvalue weighted by atomic mass is 32.2. The van der Waals surface area contributed by atoms with Crippen LogP contribution < -0.4 is 10.6 Å². The minimum Gasteiger partial charge on any atom is -0.332 e. The molecule has 1 aliphatic heterocycles. The van der Waals surface area contributed by atoms with Crippen molar-refractivity contribution in [2.75, 3.05) is 16.8 Å². The second kappa shape index (κ2) is 5.45. The van der Waals surface area contributed by atoms with Crippen molar-refractivity contribution in [2.45, 2.75) is 25.1 Å². The summed E-state index contributed by atoms with van der Waals surface area (Å²) < 4.78 is 60.1. The number of anilines is 1. The van der Waals surface area contributed by atoms with E-state index in [0.29, 0.717) is 6.42 Å². The summed E-state index contributed by atoms with van der Waals surface area (Å²) in [4.78, 5) is 11.8. The Bertz CT molecular complexity index is 671. The van der Waals surface area contributed by atoms with Crippen LogP contribution in [0.5, 0.6) is 0 Å². The second-order valence-electron chi connectivity index (χ2n) is 5.56. The van der Waals surface area contributed by atoms with Crippen molar-refractivity contribution in [2.24, 2.45) is 0 Å². The lowest BCUT2D eigenvalue weighted by molar-refractivity contribution is -0.137. The van der Waals surface area contributed by atoms with E-state index in [9.17, 15) is 26.4 Å². The summed E-state index contributed by atoms with van der Waals surface area (Å²) in [5, 5.41) is 4.94. The second-order valence-corrected chi connectivity index (χ2v) is 7.74. The largest absolute Gasteiger partial charge is 0.416 e. The van der Waals surface area contributed by atoms with E-state index in [1.807, 2.05) is 0 Å². The van der Waals surface area contributed by atoms with Crippen molar-refractivity contribution in [1.82, 2.24) is 5.32 Å². The van der Waals surface area contributed by atoms with Gasteiger partial charge in [-0.05, 0) is 37.6 Å². The number of nitrogens with one attached hydrogen (secondary N) is 2. The highest BCUT2D eigenvalue weighted by molar-refractivity contribution is 7.91. The molecule has 122 valence electrons. The van der Waals surface area contributed by atoms with E-state index < -0.39 is 33.1 Å². The van der Waals surface area contributed by atoms with Gasteiger partial charge in [0.05, 0.1) is 22.6 Å². The van der Waals surface area contributed by atoms with Gasteiger partial charge in [0.1, 0.15) is 0 Å². The van der Waals surface area contributed by atoms with Gasteiger partial charge in [-0.25, -0.2) is 13.2 Å². The van der Waals surface area contributed by atoms with Crippen molar-refractivity contribution in [3.8, 4) is 0 Å². The Morgan fingerprint density at radius 1 is 1.23 bits per heavy atom. The third kappa shape index (κ3) is 4.12. The molecule has 1 fully saturated rings. The third-order valence-corrected chi connectivity index (χ3v) is 5.29. The molecular weight excluding hydrogens is 321 g/mol. The molecule has 1 atom stereocenters. The molecule has 22 heavy (non-hydrogen) atoms. The average Bonchev–Trinajstić information content (AvgIpc) is 2.62. The molecule has 1 aliphatic rings. The highest BCUT2D eigenvalue weighted by Gasteiger charge is 2.39. The quantitative estimate of drug-likeness (QED) is 0.871. The number of hydrogen-bond acceptors (Lipinski definition) is 3. The van der Waals surface area contributed by atoms with Crippen LogP contribution >= 0.6 is 0 Å². The van der Waals surface area contributed by atoms with Gasteiger partial charge in [-0.15, -0.1) is 0 Å². The van der Waals surface area contributed by atoms with Gasteiger partial charge in [0.25, 0.3) is 0 Å². The number of sulfone groups is 1. The van der Waals surface area contributed by atoms with Crippen LogP contribution in [-0.4, -0.2) is 31.5 Å². The molecular formula is C13H15F3N2O3S. The first-order valence-corrected chi connectivity index (χ1v) is 8.28. The summed E-state index contributed by atoms with van der Waals surface area (Å²) in [6, 6.07) is 3.33. The van der Waals surface area contributed by atoms with E-state index in [1.54, 1.807) is 6.92 Å². The highest BCUT2D eigenvalue weighted by Crippen LogP contribution is 2.30. The van der Waals surface area contributed by atoms with Gasteiger partial charge in [0.2, 0.25) is 0 Å². The molecule has 0 spiro atoms. The lowest BCUT2D eigenvalue weighted by atomic mass is 10.0. The Hall–Kier alpha value is -1.77. The molecule has 2 amide bonds. The Kier molecular flexibility index (Phi) is 4.12. The standard InChI is InChI=1S/C13H15F3N2O3S/c1-12(6-7-22(20,21)8-12)18-11(19)17-10-4-2-9(3-5-10)13(14,15)16/h2-5H,6-8H2,1H3,(H2,17,18,19)/t12-/m0/s1. The number of rotatable bonds is 2. The summed E-state index contributed by atoms with van der Waals surface area (Å²) in [7, 11) is -3.16. The van der Waals surface area contributed by atoms with Gasteiger partial charge >= 0.3 is 12.2 Å². The summed E-state index contributed by atoms with van der Waals surface area (Å²) >= 11 is 0. The number of carbonyl (C=O) groups excluding carboxylic acids is 1. The van der Waals surface area contributed by atoms with Crippen molar-refractivity contribution in [3.63, 3.8) is 0 Å². The van der Waals surface area contributed by atoms with Crippen LogP contribution in [0.25, 0.3) is 0 Å². The maximum Gasteiger partial charge on any atom is 0.416 e. The van der Waals surface area contributed by atoms with Gasteiger partial charge in [0.15, 0.2) is 9.84 Å². The molecule has 0 unspecified atom stereocenters. The molecule has 0 radical (unpaired) electrons. The number of hydrogen-bond donors (Lipinski definition) is 2. The van der Waals surface area contributed by atoms with Crippen LogP contribution in [0.4, 0.5) is 23.7 Å². The van der Waals surface area contributed by atoms with Crippen LogP contribution in [0.2, 0.25) is 0 Å². The van der Waals surface area contributed by atoms with Gasteiger partial charge < -0.3 is 10.6 Å². The fourth-order valence-corrected chi connectivity index (χ4v) is 4.38. The van der Waals surface area contributed by atoms with E-state index in [0.717, 1.165) is 24.3 Å². The predicted molar refractivity (Wildman–Crippen MR) is 75.3 cm³/mol. The molecule has 2 N–H and O–H groups in total. The van der Waals surface area contributed by atoms with Gasteiger partial charge in [-0.1, -0.05) is 0 Å². The monoisotopic (exact) mass is 336 g/mol.